The van der Waals surface area contributed by atoms with Gasteiger partial charge in [0.15, 0.2) is 0 Å². The Morgan fingerprint density at radius 2 is 2.31 bits per heavy atom. The van der Waals surface area contributed by atoms with Crippen LogP contribution in [-0.2, 0) is 9.53 Å². The Kier molecular flexibility index (Phi) is 9.47. The first kappa shape index (κ1) is 14.8. The first-order valence-corrected chi connectivity index (χ1v) is 5.46. The van der Waals surface area contributed by atoms with Gasteiger partial charge >= 0.3 is 0 Å². The fourth-order valence-electron chi connectivity index (χ4n) is 0.848. The average Bonchev–Trinajstić information content (AvgIpc) is 2.29. The van der Waals surface area contributed by atoms with E-state index in [9.17, 15) is 4.79 Å². The molecule has 1 amide bonds. The van der Waals surface area contributed by atoms with Gasteiger partial charge < -0.3 is 15.4 Å². The molecule has 2 N–H and O–H groups in total. The van der Waals surface area contributed by atoms with Crippen LogP contribution in [0.25, 0.3) is 0 Å². The number of carbonyl (C=O) groups excluding carboxylic acids is 1. The molecule has 0 heterocycles. The first-order valence-electron chi connectivity index (χ1n) is 4.93. The summed E-state index contributed by atoms with van der Waals surface area (Å²) < 4.78 is 4.81. The van der Waals surface area contributed by atoms with E-state index in [4.69, 9.17) is 21.6 Å². The molecule has 0 aliphatic heterocycles. The van der Waals surface area contributed by atoms with E-state index in [1.54, 1.807) is 7.11 Å². The fourth-order valence-corrected chi connectivity index (χ4v) is 0.981. The zero-order valence-corrected chi connectivity index (χ0v) is 10.0. The molecule has 0 aliphatic rings. The lowest BCUT2D eigenvalue weighted by molar-refractivity contribution is -0.117. The number of rotatable bonds is 8. The summed E-state index contributed by atoms with van der Waals surface area (Å²) in [6.07, 6.45) is 2.07. The van der Waals surface area contributed by atoms with Crippen molar-refractivity contribution in [2.75, 3.05) is 32.7 Å². The predicted molar refractivity (Wildman–Crippen MR) is 61.9 cm³/mol. The molecule has 90 valence electrons. The van der Waals surface area contributed by atoms with Crippen LogP contribution in [0.1, 0.15) is 6.42 Å². The lowest BCUT2D eigenvalue weighted by Crippen LogP contribution is -2.27. The summed E-state index contributed by atoms with van der Waals surface area (Å²) in [6.45, 7) is 1.54. The van der Waals surface area contributed by atoms with E-state index in [-0.39, 0.29) is 5.57 Å². The van der Waals surface area contributed by atoms with Crippen molar-refractivity contribution in [2.24, 2.45) is 0 Å². The lowest BCUT2D eigenvalue weighted by Gasteiger charge is -2.03. The van der Waals surface area contributed by atoms with Crippen molar-refractivity contribution < 1.29 is 9.53 Å². The molecule has 0 atom stereocenters. The van der Waals surface area contributed by atoms with E-state index in [2.05, 4.69) is 10.6 Å². The highest BCUT2D eigenvalue weighted by Gasteiger charge is 2.06. The van der Waals surface area contributed by atoms with E-state index >= 15 is 0 Å². The van der Waals surface area contributed by atoms with Crippen LogP contribution in [-0.4, -0.2) is 38.6 Å². The van der Waals surface area contributed by atoms with Crippen LogP contribution in [0, 0.1) is 11.3 Å². The highest BCUT2D eigenvalue weighted by Crippen LogP contribution is 1.91. The van der Waals surface area contributed by atoms with Gasteiger partial charge in [0.25, 0.3) is 5.91 Å². The molecule has 0 rings (SSSR count). The number of nitrogens with zero attached hydrogens (tertiary/aromatic N) is 1. The Hall–Kier alpha value is -1.25. The molecule has 6 heteroatoms. The van der Waals surface area contributed by atoms with Crippen molar-refractivity contribution >= 4 is 17.5 Å². The van der Waals surface area contributed by atoms with Gasteiger partial charge in [-0.25, -0.2) is 0 Å². The second-order valence-corrected chi connectivity index (χ2v) is 3.29. The van der Waals surface area contributed by atoms with Crippen LogP contribution in [0.5, 0.6) is 0 Å². The Morgan fingerprint density at radius 1 is 1.56 bits per heavy atom. The molecule has 5 nitrogen and oxygen atoms in total. The fraction of sp³-hybridized carbons (Fsp3) is 0.600. The van der Waals surface area contributed by atoms with Gasteiger partial charge in [-0.2, -0.15) is 5.26 Å². The van der Waals surface area contributed by atoms with Gasteiger partial charge in [-0.05, 0) is 6.42 Å². The number of nitrogens with one attached hydrogen (secondary N) is 2. The quantitative estimate of drug-likeness (QED) is 0.281. The summed E-state index contributed by atoms with van der Waals surface area (Å²) in [7, 11) is 1.58. The summed E-state index contributed by atoms with van der Waals surface area (Å²) in [5.41, 5.74) is 0.0469. The Balaban J connectivity index is 3.96. The third kappa shape index (κ3) is 7.10. The number of alkyl halides is 1. The minimum atomic E-state index is -0.391. The molecule has 0 aliphatic carbocycles. The Morgan fingerprint density at radius 3 is 2.88 bits per heavy atom. The molecule has 16 heavy (non-hydrogen) atoms. The third-order valence-electron chi connectivity index (χ3n) is 1.66. The predicted octanol–water partition coefficient (Wildman–Crippen LogP) is 0.375. The number of amides is 1. The maximum absolute atomic E-state index is 11.4. The van der Waals surface area contributed by atoms with Gasteiger partial charge in [-0.1, -0.05) is 0 Å². The summed E-state index contributed by atoms with van der Waals surface area (Å²) in [5, 5.41) is 14.1. The van der Waals surface area contributed by atoms with Crippen LogP contribution < -0.4 is 10.6 Å². The number of halogens is 1. The molecule has 0 aromatic rings. The number of nitriles is 1. The van der Waals surface area contributed by atoms with Crippen LogP contribution in [0.15, 0.2) is 11.8 Å². The van der Waals surface area contributed by atoms with Crippen LogP contribution in [0.2, 0.25) is 0 Å². The monoisotopic (exact) mass is 245 g/mol. The average molecular weight is 246 g/mol. The van der Waals surface area contributed by atoms with E-state index in [1.807, 2.05) is 6.07 Å². The van der Waals surface area contributed by atoms with Crippen LogP contribution in [0.3, 0.4) is 0 Å². The van der Waals surface area contributed by atoms with Gasteiger partial charge in [0.2, 0.25) is 0 Å². The minimum Gasteiger partial charge on any atom is -0.387 e. The van der Waals surface area contributed by atoms with E-state index in [0.717, 1.165) is 0 Å². The molecule has 0 bridgehead atoms. The maximum Gasteiger partial charge on any atom is 0.263 e. The molecule has 0 spiro atoms. The van der Waals surface area contributed by atoms with Gasteiger partial charge in [-0.15, -0.1) is 11.6 Å². The number of ether oxygens (including phenoxy) is 1. The normalized spacial score (nSPS) is 10.7. The molecule has 0 radical (unpaired) electrons. The van der Waals surface area contributed by atoms with E-state index in [1.165, 1.54) is 6.20 Å². The largest absolute Gasteiger partial charge is 0.387 e. The molecule has 0 aromatic carbocycles. The van der Waals surface area contributed by atoms with E-state index in [0.29, 0.717) is 32.0 Å². The Bertz CT molecular complexity index is 274. The molecule has 0 fully saturated rings. The second-order valence-electron chi connectivity index (χ2n) is 2.92. The SMILES string of the molecule is COCCN/C=C(/C#N)C(=O)NCCCCl. The second kappa shape index (κ2) is 10.3. The topological polar surface area (TPSA) is 74.1 Å². The zero-order valence-electron chi connectivity index (χ0n) is 9.25. The van der Waals surface area contributed by atoms with Crippen molar-refractivity contribution in [3.8, 4) is 6.07 Å². The summed E-state index contributed by atoms with van der Waals surface area (Å²) in [6, 6.07) is 1.82. The standard InChI is InChI=1S/C10H16ClN3O2/c1-16-6-5-13-8-9(7-12)10(15)14-4-2-3-11/h8,13H,2-6H2,1H3,(H,14,15)/b9-8-. The van der Waals surface area contributed by atoms with Crippen molar-refractivity contribution in [1.82, 2.24) is 10.6 Å². The molecular weight excluding hydrogens is 230 g/mol. The van der Waals surface area contributed by atoms with Crippen LogP contribution in [0.4, 0.5) is 0 Å². The number of hydrogen-bond acceptors (Lipinski definition) is 4. The van der Waals surface area contributed by atoms with Crippen molar-refractivity contribution in [3.63, 3.8) is 0 Å². The number of hydrogen-bond donors (Lipinski definition) is 2. The number of methoxy groups -OCH3 is 1. The summed E-state index contributed by atoms with van der Waals surface area (Å²) in [5.74, 6) is 0.0929. The molecular formula is C10H16ClN3O2. The lowest BCUT2D eigenvalue weighted by atomic mass is 10.3. The zero-order chi connectivity index (χ0) is 12.2. The third-order valence-corrected chi connectivity index (χ3v) is 1.93. The molecule has 0 saturated heterocycles. The number of carbonyl (C=O) groups is 1. The maximum atomic E-state index is 11.4. The molecule has 0 saturated carbocycles. The van der Waals surface area contributed by atoms with Crippen LogP contribution >= 0.6 is 11.6 Å². The Labute approximate surface area is 100 Å². The van der Waals surface area contributed by atoms with Gasteiger partial charge in [0, 0.05) is 32.3 Å². The summed E-state index contributed by atoms with van der Waals surface area (Å²) >= 11 is 5.46. The highest BCUT2D eigenvalue weighted by atomic mass is 35.5. The highest BCUT2D eigenvalue weighted by molar-refractivity contribution is 6.17. The van der Waals surface area contributed by atoms with Gasteiger partial charge in [0.05, 0.1) is 6.61 Å². The first-order chi connectivity index (χ1) is 7.76. The molecule has 0 aromatic heterocycles. The summed E-state index contributed by atoms with van der Waals surface area (Å²) in [4.78, 5) is 11.4. The van der Waals surface area contributed by atoms with Crippen molar-refractivity contribution in [1.29, 1.82) is 5.26 Å². The van der Waals surface area contributed by atoms with Gasteiger partial charge in [0.1, 0.15) is 11.6 Å². The smallest absolute Gasteiger partial charge is 0.263 e. The van der Waals surface area contributed by atoms with Gasteiger partial charge in [-0.3, -0.25) is 4.79 Å². The van der Waals surface area contributed by atoms with E-state index < -0.39 is 5.91 Å². The van der Waals surface area contributed by atoms with Crippen molar-refractivity contribution in [2.45, 2.75) is 6.42 Å². The minimum absolute atomic E-state index is 0.0469. The van der Waals surface area contributed by atoms with Crippen molar-refractivity contribution in [3.05, 3.63) is 11.8 Å². The molecule has 0 unspecified atom stereocenters.